The van der Waals surface area contributed by atoms with Crippen molar-refractivity contribution in [3.63, 3.8) is 0 Å². The van der Waals surface area contributed by atoms with E-state index in [9.17, 15) is 18.0 Å². The number of amides is 1. The average Bonchev–Trinajstić information content (AvgIpc) is 2.87. The van der Waals surface area contributed by atoms with Crippen LogP contribution in [0.2, 0.25) is 10.0 Å². The van der Waals surface area contributed by atoms with Gasteiger partial charge in [0.15, 0.2) is 11.5 Å². The van der Waals surface area contributed by atoms with E-state index in [4.69, 9.17) is 28.6 Å². The topological polar surface area (TPSA) is 106 Å². The lowest BCUT2D eigenvalue weighted by Crippen LogP contribution is -2.54. The summed E-state index contributed by atoms with van der Waals surface area (Å²) in [6, 6.07) is 4.36. The molecule has 218 valence electrons. The van der Waals surface area contributed by atoms with Gasteiger partial charge in [-0.3, -0.25) is 5.41 Å². The van der Waals surface area contributed by atoms with Crippen LogP contribution in [0.4, 0.5) is 29.6 Å². The molecule has 14 heteroatoms. The first-order chi connectivity index (χ1) is 19.0. The molecule has 1 aromatic heterocycles. The highest BCUT2D eigenvalue weighted by Gasteiger charge is 2.40. The molecule has 2 aliphatic rings. The predicted octanol–water partition coefficient (Wildman–Crippen LogP) is 5.39. The number of hydrogen-bond acceptors (Lipinski definition) is 8. The number of rotatable bonds is 9. The molecule has 2 atom stereocenters. The molecule has 1 aromatic carbocycles. The maximum atomic E-state index is 13.4. The Kier molecular flexibility index (Phi) is 9.63. The SMILES string of the molecule is COC(=O)NCCN1CCCC(C2CN(c3cnc(C(=N)C(F)(F)F)c(NC(C)c4ccc(Cl)cc4Cl)n3)C2)C1. The van der Waals surface area contributed by atoms with Gasteiger partial charge in [0.05, 0.1) is 19.3 Å². The summed E-state index contributed by atoms with van der Waals surface area (Å²) in [4.78, 5) is 24.1. The Labute approximate surface area is 240 Å². The number of aromatic nitrogens is 2. The van der Waals surface area contributed by atoms with Gasteiger partial charge in [-0.05, 0) is 55.8 Å². The number of alkyl halides is 3. The van der Waals surface area contributed by atoms with Crippen molar-refractivity contribution in [2.75, 3.05) is 56.6 Å². The maximum absolute atomic E-state index is 13.4. The van der Waals surface area contributed by atoms with E-state index >= 15 is 0 Å². The number of halogens is 5. The molecule has 0 radical (unpaired) electrons. The minimum atomic E-state index is -4.88. The van der Waals surface area contributed by atoms with Crippen LogP contribution in [0, 0.1) is 17.2 Å². The molecule has 4 rings (SSSR count). The molecule has 0 spiro atoms. The Morgan fingerprint density at radius 1 is 1.25 bits per heavy atom. The standard InChI is InChI=1S/C26H32Cl2F3N7O2/c1-15(19-6-5-18(27)10-20(19)28)35-24-22(23(32)26(29,30)31)34-11-21(36-24)38-13-17(14-38)16-4-3-8-37(12-16)9-7-33-25(39)40-2/h5-6,10-11,15-17,32H,3-4,7-9,12-14H2,1-2H3,(H,33,39)(H,35,36). The third-order valence-corrected chi connectivity index (χ3v) is 7.95. The van der Waals surface area contributed by atoms with Crippen LogP contribution >= 0.6 is 23.2 Å². The summed E-state index contributed by atoms with van der Waals surface area (Å²) in [6.07, 6.45) is -1.87. The lowest BCUT2D eigenvalue weighted by molar-refractivity contribution is -0.0589. The van der Waals surface area contributed by atoms with Crippen molar-refractivity contribution < 1.29 is 22.7 Å². The van der Waals surface area contributed by atoms with Gasteiger partial charge in [0.2, 0.25) is 0 Å². The van der Waals surface area contributed by atoms with Gasteiger partial charge in [0, 0.05) is 42.8 Å². The normalized spacial score (nSPS) is 19.1. The molecule has 2 fully saturated rings. The molecule has 2 unspecified atom stereocenters. The Morgan fingerprint density at radius 2 is 2.00 bits per heavy atom. The molecule has 9 nitrogen and oxygen atoms in total. The zero-order valence-corrected chi connectivity index (χ0v) is 23.7. The summed E-state index contributed by atoms with van der Waals surface area (Å²) in [5.74, 6) is 1.19. The fourth-order valence-electron chi connectivity index (χ4n) is 5.15. The van der Waals surface area contributed by atoms with E-state index in [0.717, 1.165) is 32.5 Å². The largest absolute Gasteiger partial charge is 0.453 e. The fourth-order valence-corrected chi connectivity index (χ4v) is 5.72. The van der Waals surface area contributed by atoms with Crippen LogP contribution in [0.25, 0.3) is 0 Å². The Hall–Kier alpha value is -2.83. The summed E-state index contributed by atoms with van der Waals surface area (Å²) in [5, 5.41) is 14.2. The van der Waals surface area contributed by atoms with Crippen molar-refractivity contribution >= 4 is 46.6 Å². The van der Waals surface area contributed by atoms with Crippen LogP contribution in [0.5, 0.6) is 0 Å². The minimum Gasteiger partial charge on any atom is -0.453 e. The van der Waals surface area contributed by atoms with E-state index in [-0.39, 0.29) is 5.82 Å². The molecule has 1 amide bonds. The monoisotopic (exact) mass is 601 g/mol. The number of piperidine rings is 1. The van der Waals surface area contributed by atoms with Gasteiger partial charge in [-0.2, -0.15) is 13.2 Å². The van der Waals surface area contributed by atoms with E-state index in [1.807, 2.05) is 4.90 Å². The lowest BCUT2D eigenvalue weighted by Gasteiger charge is -2.47. The number of alkyl carbamates (subject to hydrolysis) is 1. The third-order valence-electron chi connectivity index (χ3n) is 7.39. The highest BCUT2D eigenvalue weighted by molar-refractivity contribution is 6.35. The number of carbonyl (C=O) groups is 1. The molecule has 2 aromatic rings. The highest BCUT2D eigenvalue weighted by Crippen LogP contribution is 2.35. The number of carbonyl (C=O) groups excluding carboxylic acids is 1. The maximum Gasteiger partial charge on any atom is 0.434 e. The van der Waals surface area contributed by atoms with Gasteiger partial charge in [-0.15, -0.1) is 0 Å². The van der Waals surface area contributed by atoms with Gasteiger partial charge in [-0.1, -0.05) is 29.3 Å². The van der Waals surface area contributed by atoms with E-state index in [1.165, 1.54) is 13.3 Å². The van der Waals surface area contributed by atoms with Crippen molar-refractivity contribution in [2.24, 2.45) is 11.8 Å². The van der Waals surface area contributed by atoms with Gasteiger partial charge < -0.3 is 25.2 Å². The summed E-state index contributed by atoms with van der Waals surface area (Å²) < 4.78 is 45.0. The Bertz CT molecular complexity index is 1230. The molecule has 40 heavy (non-hydrogen) atoms. The van der Waals surface area contributed by atoms with Crippen molar-refractivity contribution in [1.29, 1.82) is 5.41 Å². The van der Waals surface area contributed by atoms with Crippen LogP contribution in [0.15, 0.2) is 24.4 Å². The smallest absolute Gasteiger partial charge is 0.434 e. The van der Waals surface area contributed by atoms with E-state index in [0.29, 0.717) is 52.9 Å². The van der Waals surface area contributed by atoms with Gasteiger partial charge in [-0.25, -0.2) is 14.8 Å². The fraction of sp³-hybridized carbons (Fsp3) is 0.538. The number of hydrogen-bond donors (Lipinski definition) is 3. The van der Waals surface area contributed by atoms with Gasteiger partial charge in [0.1, 0.15) is 11.5 Å². The summed E-state index contributed by atoms with van der Waals surface area (Å²) in [5.41, 5.74) is -1.53. The second kappa shape index (κ2) is 12.8. The van der Waals surface area contributed by atoms with E-state index in [1.54, 1.807) is 25.1 Å². The minimum absolute atomic E-state index is 0.135. The second-order valence-electron chi connectivity index (χ2n) is 10.1. The molecule has 2 aliphatic heterocycles. The first kappa shape index (κ1) is 30.1. The molecule has 0 saturated carbocycles. The summed E-state index contributed by atoms with van der Waals surface area (Å²) in [7, 11) is 1.34. The number of nitrogens with one attached hydrogen (secondary N) is 3. The van der Waals surface area contributed by atoms with E-state index < -0.39 is 29.7 Å². The molecular formula is C26H32Cl2F3N7O2. The number of anilines is 2. The van der Waals surface area contributed by atoms with Crippen molar-refractivity contribution in [3.8, 4) is 0 Å². The van der Waals surface area contributed by atoms with Crippen LogP contribution in [-0.4, -0.2) is 79.2 Å². The van der Waals surface area contributed by atoms with Crippen LogP contribution in [-0.2, 0) is 4.74 Å². The molecule has 3 N–H and O–H groups in total. The highest BCUT2D eigenvalue weighted by atomic mass is 35.5. The number of likely N-dealkylation sites (tertiary alicyclic amines) is 1. The first-order valence-corrected chi connectivity index (χ1v) is 13.8. The lowest BCUT2D eigenvalue weighted by atomic mass is 9.80. The molecule has 0 aliphatic carbocycles. The molecule has 2 saturated heterocycles. The first-order valence-electron chi connectivity index (χ1n) is 13.0. The number of methoxy groups -OCH3 is 1. The van der Waals surface area contributed by atoms with E-state index in [2.05, 4.69) is 30.2 Å². The quantitative estimate of drug-likeness (QED) is 0.331. The van der Waals surface area contributed by atoms with Crippen molar-refractivity contribution in [1.82, 2.24) is 20.2 Å². The molecule has 3 heterocycles. The predicted molar refractivity (Wildman–Crippen MR) is 149 cm³/mol. The summed E-state index contributed by atoms with van der Waals surface area (Å²) in [6.45, 7) is 6.30. The Balaban J connectivity index is 1.44. The van der Waals surface area contributed by atoms with Gasteiger partial charge >= 0.3 is 12.3 Å². The second-order valence-corrected chi connectivity index (χ2v) is 11.0. The van der Waals surface area contributed by atoms with Crippen molar-refractivity contribution in [3.05, 3.63) is 45.7 Å². The number of ether oxygens (including phenoxy) is 1. The zero-order chi connectivity index (χ0) is 29.0. The van der Waals surface area contributed by atoms with Crippen LogP contribution in [0.3, 0.4) is 0 Å². The molecular weight excluding hydrogens is 570 g/mol. The number of benzene rings is 1. The third kappa shape index (κ3) is 7.27. The van der Waals surface area contributed by atoms with Gasteiger partial charge in [0.25, 0.3) is 0 Å². The van der Waals surface area contributed by atoms with Crippen LogP contribution in [0.1, 0.15) is 37.1 Å². The van der Waals surface area contributed by atoms with Crippen LogP contribution < -0.4 is 15.5 Å². The zero-order valence-electron chi connectivity index (χ0n) is 22.2. The summed E-state index contributed by atoms with van der Waals surface area (Å²) >= 11 is 12.3. The average molecular weight is 602 g/mol. The Morgan fingerprint density at radius 3 is 2.67 bits per heavy atom. The molecule has 0 bridgehead atoms. The number of nitrogens with zero attached hydrogens (tertiary/aromatic N) is 4. The van der Waals surface area contributed by atoms with Crippen molar-refractivity contribution in [2.45, 2.75) is 32.0 Å².